The summed E-state index contributed by atoms with van der Waals surface area (Å²) in [4.78, 5) is 16.1. The number of nitrogens with zero attached hydrogens (tertiary/aromatic N) is 2. The Balaban J connectivity index is 0.00000180. The molecule has 1 aromatic rings. The van der Waals surface area contributed by atoms with Crippen LogP contribution in [0.3, 0.4) is 0 Å². The Morgan fingerprint density at radius 3 is 3.05 bits per heavy atom. The molecule has 19 heavy (non-hydrogen) atoms. The van der Waals surface area contributed by atoms with Crippen molar-refractivity contribution in [1.29, 1.82) is 0 Å². The molecule has 1 aliphatic heterocycles. The molecule has 0 aromatic carbocycles. The zero-order valence-electron chi connectivity index (χ0n) is 11.5. The summed E-state index contributed by atoms with van der Waals surface area (Å²) in [5, 5.41) is 6.34. The van der Waals surface area contributed by atoms with Crippen LogP contribution < -0.4 is 10.6 Å². The molecule has 0 bridgehead atoms. The summed E-state index contributed by atoms with van der Waals surface area (Å²) in [7, 11) is 0. The van der Waals surface area contributed by atoms with Crippen LogP contribution in [0.15, 0.2) is 18.7 Å². The van der Waals surface area contributed by atoms with Gasteiger partial charge < -0.3 is 15.2 Å². The van der Waals surface area contributed by atoms with Crippen molar-refractivity contribution in [2.75, 3.05) is 6.54 Å². The van der Waals surface area contributed by atoms with Gasteiger partial charge in [-0.2, -0.15) is 0 Å². The van der Waals surface area contributed by atoms with E-state index < -0.39 is 0 Å². The van der Waals surface area contributed by atoms with Crippen molar-refractivity contribution in [1.82, 2.24) is 20.2 Å². The Bertz CT molecular complexity index is 382. The lowest BCUT2D eigenvalue weighted by molar-refractivity contribution is -0.124. The third-order valence-corrected chi connectivity index (χ3v) is 3.41. The second kappa shape index (κ2) is 7.50. The summed E-state index contributed by atoms with van der Waals surface area (Å²) >= 11 is 0. The quantitative estimate of drug-likeness (QED) is 0.874. The summed E-state index contributed by atoms with van der Waals surface area (Å²) in [5.41, 5.74) is 0. The van der Waals surface area contributed by atoms with E-state index in [0.717, 1.165) is 25.9 Å². The van der Waals surface area contributed by atoms with Crippen LogP contribution in [0, 0.1) is 5.92 Å². The monoisotopic (exact) mass is 286 g/mol. The maximum Gasteiger partial charge on any atom is 0.237 e. The lowest BCUT2D eigenvalue weighted by Gasteiger charge is -2.28. The average Bonchev–Trinajstić information content (AvgIpc) is 2.81. The van der Waals surface area contributed by atoms with Gasteiger partial charge in [-0.25, -0.2) is 4.98 Å². The minimum absolute atomic E-state index is 0. The fraction of sp³-hybridized carbons (Fsp3) is 0.692. The van der Waals surface area contributed by atoms with Gasteiger partial charge in [-0.15, -0.1) is 12.4 Å². The van der Waals surface area contributed by atoms with Crippen molar-refractivity contribution in [2.45, 2.75) is 45.3 Å². The fourth-order valence-corrected chi connectivity index (χ4v) is 2.41. The number of carbonyl (C=O) groups is 1. The summed E-state index contributed by atoms with van der Waals surface area (Å²) in [6.07, 6.45) is 7.52. The van der Waals surface area contributed by atoms with E-state index in [2.05, 4.69) is 22.5 Å². The van der Waals surface area contributed by atoms with E-state index in [9.17, 15) is 4.79 Å². The Morgan fingerprint density at radius 1 is 1.63 bits per heavy atom. The highest BCUT2D eigenvalue weighted by atomic mass is 35.5. The summed E-state index contributed by atoms with van der Waals surface area (Å²) in [6.45, 7) is 5.92. The third-order valence-electron chi connectivity index (χ3n) is 3.41. The van der Waals surface area contributed by atoms with Crippen LogP contribution >= 0.6 is 12.4 Å². The number of imidazole rings is 1. The van der Waals surface area contributed by atoms with E-state index in [1.54, 1.807) is 12.5 Å². The Morgan fingerprint density at radius 2 is 2.42 bits per heavy atom. The fourth-order valence-electron chi connectivity index (χ4n) is 2.41. The Kier molecular flexibility index (Phi) is 6.31. The second-order valence-electron chi connectivity index (χ2n) is 5.31. The molecule has 0 radical (unpaired) electrons. The number of piperidine rings is 1. The van der Waals surface area contributed by atoms with E-state index in [1.807, 2.05) is 17.7 Å². The molecule has 5 nitrogen and oxygen atoms in total. The van der Waals surface area contributed by atoms with Gasteiger partial charge in [-0.3, -0.25) is 4.79 Å². The minimum Gasteiger partial charge on any atom is -0.350 e. The molecule has 3 unspecified atom stereocenters. The predicted molar refractivity (Wildman–Crippen MR) is 77.3 cm³/mol. The molecule has 1 aromatic heterocycles. The highest BCUT2D eigenvalue weighted by molar-refractivity contribution is 5.85. The minimum atomic E-state index is -0.0287. The number of hydrogen-bond donors (Lipinski definition) is 2. The summed E-state index contributed by atoms with van der Waals surface area (Å²) < 4.78 is 1.97. The van der Waals surface area contributed by atoms with E-state index in [0.29, 0.717) is 5.92 Å². The van der Waals surface area contributed by atoms with Crippen LogP contribution in [0.1, 0.15) is 26.7 Å². The van der Waals surface area contributed by atoms with Crippen molar-refractivity contribution in [3.63, 3.8) is 0 Å². The molecule has 6 heteroatoms. The zero-order valence-corrected chi connectivity index (χ0v) is 12.3. The van der Waals surface area contributed by atoms with E-state index in [4.69, 9.17) is 0 Å². The molecule has 0 spiro atoms. The topological polar surface area (TPSA) is 59.0 Å². The van der Waals surface area contributed by atoms with Crippen molar-refractivity contribution in [3.8, 4) is 0 Å². The van der Waals surface area contributed by atoms with Gasteiger partial charge in [0.15, 0.2) is 0 Å². The van der Waals surface area contributed by atoms with Crippen LogP contribution in [0.5, 0.6) is 0 Å². The number of amides is 1. The first kappa shape index (κ1) is 16.0. The number of nitrogens with one attached hydrogen (secondary N) is 2. The van der Waals surface area contributed by atoms with E-state index in [1.165, 1.54) is 0 Å². The molecule has 1 saturated heterocycles. The van der Waals surface area contributed by atoms with Crippen molar-refractivity contribution >= 4 is 18.3 Å². The number of aromatic nitrogens is 2. The number of hydrogen-bond acceptors (Lipinski definition) is 3. The molecule has 2 rings (SSSR count). The van der Waals surface area contributed by atoms with Gasteiger partial charge in [0.1, 0.15) is 0 Å². The zero-order chi connectivity index (χ0) is 13.0. The smallest absolute Gasteiger partial charge is 0.237 e. The van der Waals surface area contributed by atoms with Crippen LogP contribution in [0.25, 0.3) is 0 Å². The number of halogens is 1. The first-order chi connectivity index (χ1) is 8.65. The van der Waals surface area contributed by atoms with E-state index >= 15 is 0 Å². The molecule has 1 fully saturated rings. The van der Waals surface area contributed by atoms with Crippen molar-refractivity contribution in [3.05, 3.63) is 18.7 Å². The van der Waals surface area contributed by atoms with Gasteiger partial charge >= 0.3 is 0 Å². The predicted octanol–water partition coefficient (Wildman–Crippen LogP) is 1.20. The Hall–Kier alpha value is -1.07. The van der Waals surface area contributed by atoms with Gasteiger partial charge in [0, 0.05) is 25.0 Å². The lowest BCUT2D eigenvalue weighted by Crippen LogP contribution is -2.51. The van der Waals surface area contributed by atoms with Gasteiger partial charge in [0.2, 0.25) is 5.91 Å². The Labute approximate surface area is 120 Å². The van der Waals surface area contributed by atoms with E-state index in [-0.39, 0.29) is 30.4 Å². The van der Waals surface area contributed by atoms with Crippen LogP contribution in [-0.2, 0) is 11.3 Å². The largest absolute Gasteiger partial charge is 0.350 e. The van der Waals surface area contributed by atoms with Gasteiger partial charge in [-0.1, -0.05) is 6.92 Å². The maximum absolute atomic E-state index is 12.1. The van der Waals surface area contributed by atoms with Gasteiger partial charge in [0.05, 0.1) is 12.4 Å². The van der Waals surface area contributed by atoms with Gasteiger partial charge in [0.25, 0.3) is 0 Å². The van der Waals surface area contributed by atoms with Gasteiger partial charge in [-0.05, 0) is 32.2 Å². The average molecular weight is 287 g/mol. The SMILES string of the molecule is CC1CCNC(C(=O)NC(C)Cn2ccnc2)C1.Cl. The van der Waals surface area contributed by atoms with Crippen LogP contribution in [0.2, 0.25) is 0 Å². The lowest BCUT2D eigenvalue weighted by atomic mass is 9.94. The molecule has 0 aliphatic carbocycles. The maximum atomic E-state index is 12.1. The highest BCUT2D eigenvalue weighted by Gasteiger charge is 2.25. The molecule has 2 heterocycles. The third kappa shape index (κ3) is 4.84. The molecule has 2 N–H and O–H groups in total. The van der Waals surface area contributed by atoms with Crippen molar-refractivity contribution < 1.29 is 4.79 Å². The molecule has 108 valence electrons. The molecule has 0 saturated carbocycles. The highest BCUT2D eigenvalue weighted by Crippen LogP contribution is 2.15. The second-order valence-corrected chi connectivity index (χ2v) is 5.31. The van der Waals surface area contributed by atoms with Crippen LogP contribution in [0.4, 0.5) is 0 Å². The standard InChI is InChI=1S/C13H22N4O.ClH/c1-10-3-4-15-12(7-10)13(18)16-11(2)8-17-6-5-14-9-17;/h5-6,9-12,15H,3-4,7-8H2,1-2H3,(H,16,18);1H. The molecular weight excluding hydrogens is 264 g/mol. The first-order valence-electron chi connectivity index (χ1n) is 6.64. The molecule has 1 aliphatic rings. The summed E-state index contributed by atoms with van der Waals surface area (Å²) in [5.74, 6) is 0.750. The van der Waals surface area contributed by atoms with Crippen LogP contribution in [-0.4, -0.2) is 34.1 Å². The number of carbonyl (C=O) groups excluding carboxylic acids is 1. The summed E-state index contributed by atoms with van der Waals surface area (Å²) in [6, 6.07) is 0.0877. The first-order valence-corrected chi connectivity index (χ1v) is 6.64. The van der Waals surface area contributed by atoms with Crippen molar-refractivity contribution in [2.24, 2.45) is 5.92 Å². The number of rotatable bonds is 4. The molecule has 1 amide bonds. The molecule has 3 atom stereocenters. The molecular formula is C13H23ClN4O. The normalized spacial score (nSPS) is 24.3.